The second kappa shape index (κ2) is 20.8. The zero-order valence-corrected chi connectivity index (χ0v) is 19.1. The molecule has 0 heterocycles. The number of aliphatic hydroxyl groups is 1. The monoisotopic (exact) mass is 404 g/mol. The highest BCUT2D eigenvalue weighted by atomic mass is 16.9. The first-order valence-corrected chi connectivity index (χ1v) is 11.5. The molecule has 28 heavy (non-hydrogen) atoms. The third-order valence-corrected chi connectivity index (χ3v) is 5.47. The van der Waals surface area contributed by atoms with Gasteiger partial charge in [0, 0.05) is 0 Å². The molecule has 170 valence electrons. The van der Waals surface area contributed by atoms with Crippen molar-refractivity contribution in [3.05, 3.63) is 10.1 Å². The Bertz CT molecular complexity index is 332. The number of hydrogen-bond donors (Lipinski definition) is 2. The van der Waals surface area contributed by atoms with Crippen molar-refractivity contribution in [1.29, 1.82) is 0 Å². The molecule has 0 saturated carbocycles. The normalized spacial score (nSPS) is 13.1. The van der Waals surface area contributed by atoms with E-state index in [1.54, 1.807) is 0 Å². The molecule has 6 nitrogen and oxygen atoms in total. The van der Waals surface area contributed by atoms with Crippen LogP contribution in [0.2, 0.25) is 0 Å². The van der Waals surface area contributed by atoms with E-state index in [1.807, 2.05) is 25.9 Å². The maximum atomic E-state index is 10.1. The van der Waals surface area contributed by atoms with Crippen LogP contribution in [0.4, 0.5) is 0 Å². The van der Waals surface area contributed by atoms with E-state index in [9.17, 15) is 5.11 Å². The lowest BCUT2D eigenvalue weighted by atomic mass is 10.0. The summed E-state index contributed by atoms with van der Waals surface area (Å²) in [5.74, 6) is 0. The first-order valence-electron chi connectivity index (χ1n) is 11.5. The Kier molecular flexibility index (Phi) is 21.8. The number of nitrogens with zero attached hydrogens (tertiary/aromatic N) is 2. The molecular formula is C22H48N2O4. The first kappa shape index (κ1) is 29.3. The van der Waals surface area contributed by atoms with Crippen LogP contribution >= 0.6 is 0 Å². The molecule has 0 aromatic rings. The fourth-order valence-corrected chi connectivity index (χ4v) is 3.23. The molecule has 0 fully saturated rings. The summed E-state index contributed by atoms with van der Waals surface area (Å²) in [6.07, 6.45) is 23.2. The van der Waals surface area contributed by atoms with Crippen LogP contribution in [0.25, 0.3) is 0 Å². The van der Waals surface area contributed by atoms with Crippen molar-refractivity contribution in [3.8, 4) is 0 Å². The van der Waals surface area contributed by atoms with Gasteiger partial charge in [-0.2, -0.15) is 0 Å². The van der Waals surface area contributed by atoms with Crippen molar-refractivity contribution in [1.82, 2.24) is 4.90 Å². The smallest absolute Gasteiger partial charge is 0.291 e. The molecule has 0 aromatic carbocycles. The Labute approximate surface area is 173 Å². The second-order valence-corrected chi connectivity index (χ2v) is 8.40. The van der Waals surface area contributed by atoms with Crippen molar-refractivity contribution in [2.45, 2.75) is 129 Å². The van der Waals surface area contributed by atoms with Crippen molar-refractivity contribution in [2.24, 2.45) is 0 Å². The third-order valence-electron chi connectivity index (χ3n) is 5.47. The van der Waals surface area contributed by atoms with Crippen molar-refractivity contribution >= 4 is 0 Å². The highest BCUT2D eigenvalue weighted by Crippen LogP contribution is 2.18. The Balaban J connectivity index is 0. The van der Waals surface area contributed by atoms with E-state index in [-0.39, 0.29) is 0 Å². The zero-order chi connectivity index (χ0) is 21.7. The van der Waals surface area contributed by atoms with Crippen LogP contribution in [-0.4, -0.2) is 40.1 Å². The van der Waals surface area contributed by atoms with Crippen LogP contribution in [0.1, 0.15) is 123 Å². The van der Waals surface area contributed by atoms with Gasteiger partial charge < -0.3 is 10.3 Å². The van der Waals surface area contributed by atoms with Gasteiger partial charge >= 0.3 is 0 Å². The maximum absolute atomic E-state index is 10.1. The zero-order valence-electron chi connectivity index (χ0n) is 19.1. The summed E-state index contributed by atoms with van der Waals surface area (Å²) in [4.78, 5) is 10.3. The molecule has 6 heteroatoms. The quantitative estimate of drug-likeness (QED) is 0.117. The van der Waals surface area contributed by atoms with E-state index >= 15 is 0 Å². The second-order valence-electron chi connectivity index (χ2n) is 8.40. The van der Waals surface area contributed by atoms with Crippen LogP contribution in [0, 0.1) is 10.1 Å². The van der Waals surface area contributed by atoms with Crippen molar-refractivity contribution in [2.75, 3.05) is 14.1 Å². The molecule has 0 aromatic heterocycles. The van der Waals surface area contributed by atoms with E-state index in [4.69, 9.17) is 15.3 Å². The highest BCUT2D eigenvalue weighted by Gasteiger charge is 2.21. The fourth-order valence-electron chi connectivity index (χ4n) is 3.23. The van der Waals surface area contributed by atoms with Crippen LogP contribution < -0.4 is 0 Å². The lowest BCUT2D eigenvalue weighted by Crippen LogP contribution is -2.40. The number of rotatable bonds is 18. The largest absolute Gasteiger partial charge is 0.376 e. The van der Waals surface area contributed by atoms with Gasteiger partial charge in [-0.1, -0.05) is 103 Å². The average molecular weight is 405 g/mol. The van der Waals surface area contributed by atoms with Gasteiger partial charge in [-0.15, -0.1) is 10.1 Å². The number of unbranched alkanes of at least 4 members (excludes halogenated alkanes) is 15. The van der Waals surface area contributed by atoms with E-state index in [0.717, 1.165) is 12.8 Å². The maximum Gasteiger partial charge on any atom is 0.291 e. The molecule has 1 atom stereocenters. The highest BCUT2D eigenvalue weighted by molar-refractivity contribution is 4.68. The minimum Gasteiger partial charge on any atom is -0.376 e. The fraction of sp³-hybridized carbons (Fsp3) is 1.00. The van der Waals surface area contributed by atoms with Crippen LogP contribution in [-0.2, 0) is 0 Å². The molecule has 0 aliphatic heterocycles. The Morgan fingerprint density at radius 3 is 1.25 bits per heavy atom. The Hall–Kier alpha value is -0.880. The average Bonchev–Trinajstić information content (AvgIpc) is 2.60. The van der Waals surface area contributed by atoms with E-state index in [0.29, 0.717) is 0 Å². The molecule has 0 amide bonds. The summed E-state index contributed by atoms with van der Waals surface area (Å²) in [6, 6.07) is 0. The van der Waals surface area contributed by atoms with E-state index < -0.39 is 10.8 Å². The summed E-state index contributed by atoms with van der Waals surface area (Å²) in [5, 5.41) is 23.8. The molecule has 0 rings (SSSR count). The third kappa shape index (κ3) is 25.1. The summed E-state index contributed by atoms with van der Waals surface area (Å²) in [5.41, 5.74) is -0.629. The minimum atomic E-state index is -1.50. The van der Waals surface area contributed by atoms with Gasteiger partial charge in [0.2, 0.25) is 0 Å². The lowest BCUT2D eigenvalue weighted by Gasteiger charge is -2.30. The standard InChI is InChI=1S/C22H47NO.HNO3/c1-5-6-7-8-9-10-11-12-13-14-15-16-17-18-19-20-21-22(2,24)23(3)4;2-1(3)4/h24H,5-21H2,1-4H3;(H,2,3,4). The SMILES string of the molecule is CCCCCCCCCCCCCCCCCCC(C)(O)N(C)C.O=[N+]([O-])O. The molecule has 1 unspecified atom stereocenters. The van der Waals surface area contributed by atoms with E-state index in [2.05, 4.69) is 6.92 Å². The molecule has 0 aliphatic rings. The molecule has 0 bridgehead atoms. The van der Waals surface area contributed by atoms with Gasteiger partial charge in [-0.3, -0.25) is 4.90 Å². The summed E-state index contributed by atoms with van der Waals surface area (Å²) < 4.78 is 0. The Morgan fingerprint density at radius 2 is 1.00 bits per heavy atom. The molecule has 0 spiro atoms. The van der Waals surface area contributed by atoms with Gasteiger partial charge in [0.25, 0.3) is 5.09 Å². The van der Waals surface area contributed by atoms with Crippen molar-refractivity contribution in [3.63, 3.8) is 0 Å². The molecule has 0 aliphatic carbocycles. The Morgan fingerprint density at radius 1 is 0.750 bits per heavy atom. The van der Waals surface area contributed by atoms with Gasteiger partial charge in [0.15, 0.2) is 0 Å². The van der Waals surface area contributed by atoms with Crippen LogP contribution in [0.15, 0.2) is 0 Å². The van der Waals surface area contributed by atoms with Gasteiger partial charge in [-0.05, 0) is 33.9 Å². The van der Waals surface area contributed by atoms with Gasteiger partial charge in [0.1, 0.15) is 5.72 Å². The summed E-state index contributed by atoms with van der Waals surface area (Å²) in [7, 11) is 3.90. The molecule has 0 radical (unpaired) electrons. The first-order chi connectivity index (χ1) is 13.2. The number of hydrogen-bond acceptors (Lipinski definition) is 4. The van der Waals surface area contributed by atoms with E-state index in [1.165, 1.54) is 96.3 Å². The van der Waals surface area contributed by atoms with Crippen molar-refractivity contribution < 1.29 is 15.4 Å². The van der Waals surface area contributed by atoms with Gasteiger partial charge in [0.05, 0.1) is 0 Å². The molecule has 0 saturated heterocycles. The molecule has 2 N–H and O–H groups in total. The topological polar surface area (TPSA) is 86.8 Å². The lowest BCUT2D eigenvalue weighted by molar-refractivity contribution is -0.742. The van der Waals surface area contributed by atoms with Crippen LogP contribution in [0.5, 0.6) is 0 Å². The predicted molar refractivity (Wildman–Crippen MR) is 117 cm³/mol. The van der Waals surface area contributed by atoms with Crippen LogP contribution in [0.3, 0.4) is 0 Å². The summed E-state index contributed by atoms with van der Waals surface area (Å²) >= 11 is 0. The van der Waals surface area contributed by atoms with Gasteiger partial charge in [-0.25, -0.2) is 0 Å². The predicted octanol–water partition coefficient (Wildman–Crippen LogP) is 6.56. The molecular weight excluding hydrogens is 356 g/mol. The minimum absolute atomic E-state index is 0.629. The summed E-state index contributed by atoms with van der Waals surface area (Å²) in [6.45, 7) is 4.20.